The van der Waals surface area contributed by atoms with Crippen molar-refractivity contribution in [2.45, 2.75) is 25.4 Å². The van der Waals surface area contributed by atoms with Gasteiger partial charge >= 0.3 is 0 Å². The molecule has 148 valence electrons. The lowest BCUT2D eigenvalue weighted by Gasteiger charge is -2.28. The Labute approximate surface area is 186 Å². The zero-order chi connectivity index (χ0) is 18.3. The average Bonchev–Trinajstić information content (AvgIpc) is 3.40. The van der Waals surface area contributed by atoms with Crippen molar-refractivity contribution < 1.29 is 9.15 Å². The summed E-state index contributed by atoms with van der Waals surface area (Å²) in [5.41, 5.74) is 2.40. The molecule has 0 saturated carbocycles. The van der Waals surface area contributed by atoms with E-state index in [4.69, 9.17) is 14.1 Å². The van der Waals surface area contributed by atoms with Crippen LogP contribution in [-0.4, -0.2) is 19.1 Å². The molecule has 0 aliphatic carbocycles. The Bertz CT molecular complexity index is 866. The molecule has 0 fully saturated rings. The van der Waals surface area contributed by atoms with Crippen LogP contribution in [-0.2, 0) is 13.0 Å². The van der Waals surface area contributed by atoms with Gasteiger partial charge in [0.2, 0.25) is 0 Å². The van der Waals surface area contributed by atoms with Crippen molar-refractivity contribution >= 4 is 41.3 Å². The second kappa shape index (κ2) is 10.5. The van der Waals surface area contributed by atoms with E-state index in [9.17, 15) is 0 Å². The first-order valence-electron chi connectivity index (χ1n) is 9.18. The highest BCUT2D eigenvalue weighted by Gasteiger charge is 2.21. The van der Waals surface area contributed by atoms with Crippen molar-refractivity contribution in [3.63, 3.8) is 0 Å². The van der Waals surface area contributed by atoms with Gasteiger partial charge in [-0.3, -0.25) is 0 Å². The monoisotopic (exact) mass is 509 g/mol. The van der Waals surface area contributed by atoms with Gasteiger partial charge in [0.15, 0.2) is 5.96 Å². The van der Waals surface area contributed by atoms with Crippen LogP contribution >= 0.6 is 35.3 Å². The fraction of sp³-hybridized carbons (Fsp3) is 0.286. The minimum atomic E-state index is 0. The lowest BCUT2D eigenvalue weighted by Crippen LogP contribution is -2.41. The van der Waals surface area contributed by atoms with Gasteiger partial charge in [0.05, 0.1) is 25.5 Å². The fourth-order valence-corrected chi connectivity index (χ4v) is 3.78. The largest absolute Gasteiger partial charge is 0.493 e. The second-order valence-electron chi connectivity index (χ2n) is 6.42. The molecular weight excluding hydrogens is 485 g/mol. The number of nitrogens with zero attached hydrogens (tertiary/aromatic N) is 1. The standard InChI is InChI=1S/C21H23N3O2S.HI/c1-2-6-20-18(5-1)19(8-12-26-20)24-21(23-14-16-9-13-27-15-16)22-10-7-17-4-3-11-25-17;/h1-6,9,11,13,15,19H,7-8,10,12,14H2,(H2,22,23,24);1H. The van der Waals surface area contributed by atoms with Crippen molar-refractivity contribution in [1.29, 1.82) is 0 Å². The van der Waals surface area contributed by atoms with Gasteiger partial charge in [-0.25, -0.2) is 4.99 Å². The first kappa shape index (κ1) is 20.7. The number of aliphatic imine (C=N–C) groups is 1. The maximum absolute atomic E-state index is 5.77. The maximum atomic E-state index is 5.77. The van der Waals surface area contributed by atoms with Crippen molar-refractivity contribution in [1.82, 2.24) is 10.6 Å². The normalized spacial score (nSPS) is 15.9. The topological polar surface area (TPSA) is 58.8 Å². The SMILES string of the molecule is I.c1coc(CCNC(=NCc2ccsc2)NC2CCOc3ccccc32)c1. The molecule has 3 aromatic rings. The Morgan fingerprint density at radius 2 is 2.11 bits per heavy atom. The summed E-state index contributed by atoms with van der Waals surface area (Å²) in [5.74, 6) is 2.74. The Kier molecular flexibility index (Phi) is 7.79. The molecule has 0 saturated heterocycles. The lowest BCUT2D eigenvalue weighted by molar-refractivity contribution is 0.261. The molecule has 28 heavy (non-hydrogen) atoms. The fourth-order valence-electron chi connectivity index (χ4n) is 3.12. The average molecular weight is 509 g/mol. The molecule has 7 heteroatoms. The van der Waals surface area contributed by atoms with E-state index < -0.39 is 0 Å². The zero-order valence-corrected chi connectivity index (χ0v) is 18.6. The van der Waals surface area contributed by atoms with E-state index >= 15 is 0 Å². The summed E-state index contributed by atoms with van der Waals surface area (Å²) in [6.07, 6.45) is 3.43. The number of hydrogen-bond acceptors (Lipinski definition) is 4. The third-order valence-corrected chi connectivity index (χ3v) is 5.25. The first-order valence-corrected chi connectivity index (χ1v) is 10.1. The van der Waals surface area contributed by atoms with Crippen molar-refractivity contribution in [3.8, 4) is 5.75 Å². The molecule has 1 aliphatic heterocycles. The van der Waals surface area contributed by atoms with E-state index in [1.807, 2.05) is 24.3 Å². The smallest absolute Gasteiger partial charge is 0.192 e. The van der Waals surface area contributed by atoms with E-state index in [2.05, 4.69) is 39.6 Å². The number of para-hydroxylation sites is 1. The third kappa shape index (κ3) is 5.51. The van der Waals surface area contributed by atoms with Crippen LogP contribution in [0.3, 0.4) is 0 Å². The molecule has 1 aliphatic rings. The summed E-state index contributed by atoms with van der Waals surface area (Å²) >= 11 is 1.69. The number of thiophene rings is 1. The van der Waals surface area contributed by atoms with E-state index in [-0.39, 0.29) is 30.0 Å². The van der Waals surface area contributed by atoms with Gasteiger partial charge in [-0.2, -0.15) is 11.3 Å². The Morgan fingerprint density at radius 1 is 1.18 bits per heavy atom. The minimum absolute atomic E-state index is 0. The summed E-state index contributed by atoms with van der Waals surface area (Å²) in [6, 6.07) is 14.4. The quantitative estimate of drug-likeness (QED) is 0.286. The lowest BCUT2D eigenvalue weighted by atomic mass is 10.0. The Balaban J connectivity index is 0.00000225. The van der Waals surface area contributed by atoms with Crippen LogP contribution in [0.1, 0.15) is 29.3 Å². The predicted molar refractivity (Wildman–Crippen MR) is 124 cm³/mol. The Morgan fingerprint density at radius 3 is 2.93 bits per heavy atom. The number of halogens is 1. The number of rotatable bonds is 6. The highest BCUT2D eigenvalue weighted by Crippen LogP contribution is 2.31. The van der Waals surface area contributed by atoms with Gasteiger partial charge in [-0.1, -0.05) is 18.2 Å². The maximum Gasteiger partial charge on any atom is 0.192 e. The predicted octanol–water partition coefficient (Wildman–Crippen LogP) is 4.76. The van der Waals surface area contributed by atoms with Crippen molar-refractivity contribution in [2.75, 3.05) is 13.2 Å². The summed E-state index contributed by atoms with van der Waals surface area (Å²) in [7, 11) is 0. The number of fused-ring (bicyclic) bond motifs is 1. The van der Waals surface area contributed by atoms with Crippen LogP contribution in [0.25, 0.3) is 0 Å². The number of benzene rings is 1. The molecular formula is C21H24IN3O2S. The van der Waals surface area contributed by atoms with Gasteiger partial charge < -0.3 is 19.8 Å². The Hall–Kier alpha value is -2.00. The minimum Gasteiger partial charge on any atom is -0.493 e. The molecule has 3 heterocycles. The molecule has 4 rings (SSSR count). The number of ether oxygens (including phenoxy) is 1. The summed E-state index contributed by atoms with van der Waals surface area (Å²) < 4.78 is 11.2. The molecule has 1 aromatic carbocycles. The highest BCUT2D eigenvalue weighted by atomic mass is 127. The van der Waals surface area contributed by atoms with Gasteiger partial charge in [0.1, 0.15) is 11.5 Å². The van der Waals surface area contributed by atoms with Crippen LogP contribution in [0.4, 0.5) is 0 Å². The van der Waals surface area contributed by atoms with Crippen LogP contribution in [0.15, 0.2) is 68.9 Å². The van der Waals surface area contributed by atoms with Crippen molar-refractivity contribution in [3.05, 3.63) is 76.4 Å². The van der Waals surface area contributed by atoms with E-state index in [0.29, 0.717) is 13.2 Å². The number of nitrogens with one attached hydrogen (secondary N) is 2. The van der Waals surface area contributed by atoms with Gasteiger partial charge in [-0.05, 0) is 40.6 Å². The zero-order valence-electron chi connectivity index (χ0n) is 15.5. The van der Waals surface area contributed by atoms with Gasteiger partial charge in [-0.15, -0.1) is 24.0 Å². The van der Waals surface area contributed by atoms with Gasteiger partial charge in [0, 0.05) is 24.9 Å². The number of hydrogen-bond donors (Lipinski definition) is 2. The summed E-state index contributed by atoms with van der Waals surface area (Å²) in [6.45, 7) is 2.12. The summed E-state index contributed by atoms with van der Waals surface area (Å²) in [4.78, 5) is 4.78. The molecule has 0 radical (unpaired) electrons. The molecule has 2 N–H and O–H groups in total. The molecule has 0 bridgehead atoms. The highest BCUT2D eigenvalue weighted by molar-refractivity contribution is 14.0. The first-order chi connectivity index (χ1) is 13.4. The van der Waals surface area contributed by atoms with Gasteiger partial charge in [0.25, 0.3) is 0 Å². The van der Waals surface area contributed by atoms with E-state index in [1.165, 1.54) is 11.1 Å². The molecule has 2 aromatic heterocycles. The second-order valence-corrected chi connectivity index (χ2v) is 7.20. The number of furan rings is 1. The van der Waals surface area contributed by atoms with Crippen LogP contribution in [0, 0.1) is 0 Å². The molecule has 1 atom stereocenters. The number of guanidine groups is 1. The van der Waals surface area contributed by atoms with E-state index in [0.717, 1.165) is 36.9 Å². The molecule has 0 spiro atoms. The van der Waals surface area contributed by atoms with Crippen molar-refractivity contribution in [2.24, 2.45) is 4.99 Å². The third-order valence-electron chi connectivity index (χ3n) is 4.51. The van der Waals surface area contributed by atoms with Crippen LogP contribution in [0.2, 0.25) is 0 Å². The van der Waals surface area contributed by atoms with E-state index in [1.54, 1.807) is 17.6 Å². The molecule has 0 amide bonds. The van der Waals surface area contributed by atoms with Crippen LogP contribution < -0.4 is 15.4 Å². The van der Waals surface area contributed by atoms with Crippen LogP contribution in [0.5, 0.6) is 5.75 Å². The summed E-state index contributed by atoms with van der Waals surface area (Å²) in [5, 5.41) is 11.2. The molecule has 1 unspecified atom stereocenters. The molecule has 5 nitrogen and oxygen atoms in total.